The first kappa shape index (κ1) is 19.1. The molecule has 0 saturated carbocycles. The fraction of sp³-hybridized carbons (Fsp3) is 0.364. The van der Waals surface area contributed by atoms with Crippen molar-refractivity contribution in [2.24, 2.45) is 0 Å². The SMILES string of the molecule is CC(NCc1cccc(OCc2ccccc2)c1)c1nc(C(C)(C)C)no1. The molecule has 5 nitrogen and oxygen atoms in total. The number of nitrogens with zero attached hydrogens (tertiary/aromatic N) is 2. The van der Waals surface area contributed by atoms with Crippen molar-refractivity contribution in [1.82, 2.24) is 15.5 Å². The Kier molecular flexibility index (Phi) is 5.91. The van der Waals surface area contributed by atoms with E-state index in [0.717, 1.165) is 22.7 Å². The van der Waals surface area contributed by atoms with Crippen LogP contribution < -0.4 is 10.1 Å². The molecule has 5 heteroatoms. The number of nitrogens with one attached hydrogen (secondary N) is 1. The predicted molar refractivity (Wildman–Crippen MR) is 105 cm³/mol. The smallest absolute Gasteiger partial charge is 0.243 e. The summed E-state index contributed by atoms with van der Waals surface area (Å²) >= 11 is 0. The van der Waals surface area contributed by atoms with Crippen LogP contribution in [-0.4, -0.2) is 10.1 Å². The van der Waals surface area contributed by atoms with Crippen LogP contribution in [-0.2, 0) is 18.6 Å². The minimum absolute atomic E-state index is 0.0255. The second-order valence-electron chi connectivity index (χ2n) is 7.73. The van der Waals surface area contributed by atoms with Gasteiger partial charge in [0.2, 0.25) is 5.89 Å². The van der Waals surface area contributed by atoms with Gasteiger partial charge in [-0.05, 0) is 30.2 Å². The number of hydrogen-bond acceptors (Lipinski definition) is 5. The topological polar surface area (TPSA) is 60.2 Å². The fourth-order valence-corrected chi connectivity index (χ4v) is 2.56. The number of rotatable bonds is 7. The molecule has 0 amide bonds. The summed E-state index contributed by atoms with van der Waals surface area (Å²) in [5, 5.41) is 7.51. The Morgan fingerprint density at radius 2 is 1.78 bits per heavy atom. The Hall–Kier alpha value is -2.66. The highest BCUT2D eigenvalue weighted by molar-refractivity contribution is 5.29. The molecule has 27 heavy (non-hydrogen) atoms. The van der Waals surface area contributed by atoms with E-state index in [-0.39, 0.29) is 11.5 Å². The molecule has 3 rings (SSSR count). The van der Waals surface area contributed by atoms with E-state index in [4.69, 9.17) is 9.26 Å². The van der Waals surface area contributed by atoms with Crippen LogP contribution in [0, 0.1) is 0 Å². The van der Waals surface area contributed by atoms with Crippen LogP contribution in [0.25, 0.3) is 0 Å². The third kappa shape index (κ3) is 5.41. The van der Waals surface area contributed by atoms with E-state index in [1.165, 1.54) is 0 Å². The van der Waals surface area contributed by atoms with E-state index in [9.17, 15) is 0 Å². The van der Waals surface area contributed by atoms with Gasteiger partial charge in [-0.25, -0.2) is 0 Å². The van der Waals surface area contributed by atoms with Gasteiger partial charge >= 0.3 is 0 Å². The fourth-order valence-electron chi connectivity index (χ4n) is 2.56. The highest BCUT2D eigenvalue weighted by Gasteiger charge is 2.22. The molecular weight excluding hydrogens is 338 g/mol. The molecule has 1 heterocycles. The monoisotopic (exact) mass is 365 g/mol. The average Bonchev–Trinajstić information content (AvgIpc) is 3.16. The first-order chi connectivity index (χ1) is 12.9. The summed E-state index contributed by atoms with van der Waals surface area (Å²) in [5.41, 5.74) is 2.18. The van der Waals surface area contributed by atoms with Crippen LogP contribution in [0.5, 0.6) is 5.75 Å². The number of aromatic nitrogens is 2. The van der Waals surface area contributed by atoms with Crippen LogP contribution in [0.15, 0.2) is 59.1 Å². The maximum atomic E-state index is 5.90. The summed E-state index contributed by atoms with van der Waals surface area (Å²) in [4.78, 5) is 4.51. The summed E-state index contributed by atoms with van der Waals surface area (Å²) in [6, 6.07) is 18.2. The number of ether oxygens (including phenoxy) is 1. The van der Waals surface area contributed by atoms with Gasteiger partial charge in [0.1, 0.15) is 12.4 Å². The molecule has 2 aromatic carbocycles. The Labute approximate surface area is 160 Å². The molecule has 0 radical (unpaired) electrons. The maximum absolute atomic E-state index is 5.90. The third-order valence-electron chi connectivity index (χ3n) is 4.24. The van der Waals surface area contributed by atoms with Crippen molar-refractivity contribution in [2.45, 2.75) is 52.3 Å². The van der Waals surface area contributed by atoms with Crippen molar-refractivity contribution >= 4 is 0 Å². The van der Waals surface area contributed by atoms with Crippen LogP contribution in [0.4, 0.5) is 0 Å². The van der Waals surface area contributed by atoms with Crippen molar-refractivity contribution in [3.8, 4) is 5.75 Å². The lowest BCUT2D eigenvalue weighted by Crippen LogP contribution is -2.19. The van der Waals surface area contributed by atoms with Crippen molar-refractivity contribution < 1.29 is 9.26 Å². The van der Waals surface area contributed by atoms with E-state index in [1.54, 1.807) is 0 Å². The zero-order valence-electron chi connectivity index (χ0n) is 16.4. The first-order valence-corrected chi connectivity index (χ1v) is 9.25. The molecule has 0 aliphatic heterocycles. The second-order valence-corrected chi connectivity index (χ2v) is 7.73. The van der Waals surface area contributed by atoms with Gasteiger partial charge in [-0.1, -0.05) is 68.4 Å². The van der Waals surface area contributed by atoms with Crippen molar-refractivity contribution in [2.75, 3.05) is 0 Å². The normalized spacial score (nSPS) is 12.7. The zero-order chi connectivity index (χ0) is 19.3. The Balaban J connectivity index is 1.55. The van der Waals surface area contributed by atoms with Gasteiger partial charge in [0, 0.05) is 12.0 Å². The standard InChI is InChI=1S/C22H27N3O2/c1-16(20-24-21(25-27-20)22(2,3)4)23-14-18-11-8-12-19(13-18)26-15-17-9-6-5-7-10-17/h5-13,16,23H,14-15H2,1-4H3. The molecule has 1 unspecified atom stereocenters. The summed E-state index contributed by atoms with van der Waals surface area (Å²) < 4.78 is 11.3. The van der Waals surface area contributed by atoms with Crippen LogP contribution in [0.3, 0.4) is 0 Å². The molecule has 1 atom stereocenters. The lowest BCUT2D eigenvalue weighted by atomic mass is 9.96. The molecule has 3 aromatic rings. The van der Waals surface area contributed by atoms with Gasteiger partial charge in [-0.3, -0.25) is 0 Å². The van der Waals surface area contributed by atoms with Gasteiger partial charge in [-0.2, -0.15) is 4.98 Å². The van der Waals surface area contributed by atoms with Gasteiger partial charge in [0.15, 0.2) is 5.82 Å². The van der Waals surface area contributed by atoms with Crippen LogP contribution >= 0.6 is 0 Å². The molecule has 0 fully saturated rings. The van der Waals surface area contributed by atoms with E-state index in [0.29, 0.717) is 19.0 Å². The highest BCUT2D eigenvalue weighted by Crippen LogP contribution is 2.21. The number of hydrogen-bond donors (Lipinski definition) is 1. The molecule has 0 spiro atoms. The zero-order valence-corrected chi connectivity index (χ0v) is 16.4. The van der Waals surface area contributed by atoms with Gasteiger partial charge in [0.25, 0.3) is 0 Å². The van der Waals surface area contributed by atoms with Crippen LogP contribution in [0.2, 0.25) is 0 Å². The Morgan fingerprint density at radius 3 is 2.48 bits per heavy atom. The van der Waals surface area contributed by atoms with Gasteiger partial charge < -0.3 is 14.6 Å². The van der Waals surface area contributed by atoms with E-state index >= 15 is 0 Å². The van der Waals surface area contributed by atoms with Crippen molar-refractivity contribution in [1.29, 1.82) is 0 Å². The molecule has 0 bridgehead atoms. The Morgan fingerprint density at radius 1 is 1.04 bits per heavy atom. The minimum atomic E-state index is -0.119. The molecule has 0 saturated heterocycles. The Bertz CT molecular complexity index is 853. The largest absolute Gasteiger partial charge is 0.489 e. The van der Waals surface area contributed by atoms with E-state index in [1.807, 2.05) is 37.3 Å². The summed E-state index contributed by atoms with van der Waals surface area (Å²) in [6.07, 6.45) is 0. The quantitative estimate of drug-likeness (QED) is 0.652. The third-order valence-corrected chi connectivity index (χ3v) is 4.24. The van der Waals surface area contributed by atoms with E-state index < -0.39 is 0 Å². The average molecular weight is 365 g/mol. The summed E-state index contributed by atoms with van der Waals surface area (Å²) in [5.74, 6) is 2.19. The molecular formula is C22H27N3O2. The molecule has 1 N–H and O–H groups in total. The molecule has 142 valence electrons. The van der Waals surface area contributed by atoms with Crippen molar-refractivity contribution in [3.63, 3.8) is 0 Å². The summed E-state index contributed by atoms with van der Waals surface area (Å²) in [7, 11) is 0. The van der Waals surface area contributed by atoms with Gasteiger partial charge in [0.05, 0.1) is 6.04 Å². The van der Waals surface area contributed by atoms with Gasteiger partial charge in [-0.15, -0.1) is 0 Å². The molecule has 0 aliphatic rings. The highest BCUT2D eigenvalue weighted by atomic mass is 16.5. The maximum Gasteiger partial charge on any atom is 0.243 e. The lowest BCUT2D eigenvalue weighted by Gasteiger charge is -2.12. The predicted octanol–water partition coefficient (Wildman–Crippen LogP) is 4.80. The van der Waals surface area contributed by atoms with E-state index in [2.05, 4.69) is 60.5 Å². The lowest BCUT2D eigenvalue weighted by molar-refractivity contribution is 0.305. The first-order valence-electron chi connectivity index (χ1n) is 9.25. The minimum Gasteiger partial charge on any atom is -0.489 e. The number of benzene rings is 2. The van der Waals surface area contributed by atoms with Crippen molar-refractivity contribution in [3.05, 3.63) is 77.4 Å². The second kappa shape index (κ2) is 8.35. The molecule has 1 aromatic heterocycles. The van der Waals surface area contributed by atoms with Crippen LogP contribution in [0.1, 0.15) is 56.6 Å². The summed E-state index contributed by atoms with van der Waals surface area (Å²) in [6.45, 7) is 9.49. The molecule has 0 aliphatic carbocycles.